The fourth-order valence-electron chi connectivity index (χ4n) is 1.18. The molecule has 0 aliphatic carbocycles. The number of hydrogen-bond acceptors (Lipinski definition) is 2. The first kappa shape index (κ1) is 9.02. The molecule has 0 aliphatic heterocycles. The summed E-state index contributed by atoms with van der Waals surface area (Å²) < 4.78 is 13.4. The van der Waals surface area contributed by atoms with Crippen LogP contribution in [0.2, 0.25) is 0 Å². The number of nitrogens with zero attached hydrogens (tertiary/aromatic N) is 1. The zero-order valence-electron chi connectivity index (χ0n) is 7.20. The van der Waals surface area contributed by atoms with Crippen LogP contribution in [0.1, 0.15) is 0 Å². The van der Waals surface area contributed by atoms with Gasteiger partial charge in [0.25, 0.3) is 0 Å². The number of nitrogens with one attached hydrogen (secondary N) is 1. The van der Waals surface area contributed by atoms with Crippen LogP contribution < -0.4 is 0 Å². The van der Waals surface area contributed by atoms with Gasteiger partial charge >= 0.3 is 0 Å². The van der Waals surface area contributed by atoms with Crippen LogP contribution in [0.15, 0.2) is 36.7 Å². The van der Waals surface area contributed by atoms with Crippen LogP contribution in [0.25, 0.3) is 11.3 Å². The Kier molecular flexibility index (Phi) is 2.37. The first-order valence-electron chi connectivity index (χ1n) is 4.06. The molecule has 4 heteroatoms. The number of rotatable bonds is 1. The lowest BCUT2D eigenvalue weighted by molar-refractivity contribution is 0.628. The molecular weight excluding hydrogens is 199 g/mol. The Balaban J connectivity index is 2.55. The highest BCUT2D eigenvalue weighted by Gasteiger charge is 1.98. The van der Waals surface area contributed by atoms with Gasteiger partial charge < -0.3 is 4.98 Å². The number of halogens is 1. The Hall–Kier alpha value is -1.55. The lowest BCUT2D eigenvalue weighted by Crippen LogP contribution is -1.86. The minimum absolute atomic E-state index is 0.273. The molecule has 1 heterocycles. The Morgan fingerprint density at radius 1 is 1.29 bits per heavy atom. The maximum Gasteiger partial charge on any atom is 0.123 e. The summed E-state index contributed by atoms with van der Waals surface area (Å²) >= 11 is 4.92. The maximum absolute atomic E-state index is 12.9. The van der Waals surface area contributed by atoms with Crippen molar-refractivity contribution in [3.8, 4) is 11.3 Å². The van der Waals surface area contributed by atoms with Crippen molar-refractivity contribution in [1.29, 1.82) is 0 Å². The third-order valence-electron chi connectivity index (χ3n) is 1.79. The zero-order chi connectivity index (χ0) is 9.97. The van der Waals surface area contributed by atoms with Gasteiger partial charge in [-0.2, -0.15) is 0 Å². The van der Waals surface area contributed by atoms with Crippen LogP contribution in [-0.4, -0.2) is 9.97 Å². The third-order valence-corrected chi connectivity index (χ3v) is 2.00. The van der Waals surface area contributed by atoms with E-state index in [2.05, 4.69) is 9.97 Å². The van der Waals surface area contributed by atoms with E-state index in [4.69, 9.17) is 12.2 Å². The van der Waals surface area contributed by atoms with E-state index in [0.29, 0.717) is 4.64 Å². The SMILES string of the molecule is Fc1cccc(-c2cncc(=S)[nH]2)c1. The number of aromatic amines is 1. The molecule has 0 atom stereocenters. The van der Waals surface area contributed by atoms with Gasteiger partial charge in [-0.3, -0.25) is 4.98 Å². The molecule has 0 amide bonds. The monoisotopic (exact) mass is 206 g/mol. The number of H-pyrrole nitrogens is 1. The van der Waals surface area contributed by atoms with E-state index < -0.39 is 0 Å². The molecule has 2 rings (SSSR count). The highest BCUT2D eigenvalue weighted by Crippen LogP contribution is 2.16. The van der Waals surface area contributed by atoms with Gasteiger partial charge in [0.05, 0.1) is 18.1 Å². The third kappa shape index (κ3) is 1.85. The van der Waals surface area contributed by atoms with E-state index in [9.17, 15) is 4.39 Å². The lowest BCUT2D eigenvalue weighted by Gasteiger charge is -2.00. The van der Waals surface area contributed by atoms with Crippen molar-refractivity contribution in [2.45, 2.75) is 0 Å². The minimum atomic E-state index is -0.273. The van der Waals surface area contributed by atoms with Gasteiger partial charge in [0.15, 0.2) is 0 Å². The van der Waals surface area contributed by atoms with Crippen LogP contribution in [0.5, 0.6) is 0 Å². The molecular formula is C10H7FN2S. The molecule has 0 aliphatic rings. The van der Waals surface area contributed by atoms with E-state index in [1.807, 2.05) is 0 Å². The normalized spacial score (nSPS) is 10.1. The number of hydrogen-bond donors (Lipinski definition) is 1. The summed E-state index contributed by atoms with van der Waals surface area (Å²) in [6.07, 6.45) is 3.16. The molecule has 0 radical (unpaired) electrons. The second kappa shape index (κ2) is 3.67. The predicted octanol–water partition coefficient (Wildman–Crippen LogP) is 2.95. The van der Waals surface area contributed by atoms with Crippen molar-refractivity contribution >= 4 is 12.2 Å². The standard InChI is InChI=1S/C10H7FN2S/c11-8-3-1-2-7(4-8)9-5-12-6-10(14)13-9/h1-6H,(H,13,14). The quantitative estimate of drug-likeness (QED) is 0.727. The van der Waals surface area contributed by atoms with Crippen molar-refractivity contribution < 1.29 is 4.39 Å². The first-order chi connectivity index (χ1) is 6.75. The molecule has 1 N–H and O–H groups in total. The summed E-state index contributed by atoms with van der Waals surface area (Å²) in [4.78, 5) is 6.87. The number of aromatic nitrogens is 2. The van der Waals surface area contributed by atoms with Crippen LogP contribution in [0.3, 0.4) is 0 Å². The molecule has 0 saturated heterocycles. The molecule has 0 spiro atoms. The number of benzene rings is 1. The summed E-state index contributed by atoms with van der Waals surface area (Å²) in [6, 6.07) is 6.27. The van der Waals surface area contributed by atoms with Crippen molar-refractivity contribution in [3.63, 3.8) is 0 Å². The van der Waals surface area contributed by atoms with Crippen molar-refractivity contribution in [1.82, 2.24) is 9.97 Å². The van der Waals surface area contributed by atoms with E-state index in [-0.39, 0.29) is 5.82 Å². The Morgan fingerprint density at radius 3 is 2.86 bits per heavy atom. The molecule has 0 bridgehead atoms. The smallest absolute Gasteiger partial charge is 0.123 e. The largest absolute Gasteiger partial charge is 0.344 e. The van der Waals surface area contributed by atoms with E-state index >= 15 is 0 Å². The Bertz CT molecular complexity index is 507. The Labute approximate surface area is 85.5 Å². The molecule has 0 unspecified atom stereocenters. The fourth-order valence-corrected chi connectivity index (χ4v) is 1.35. The van der Waals surface area contributed by atoms with Gasteiger partial charge in [-0.25, -0.2) is 4.39 Å². The molecule has 2 aromatic rings. The molecule has 70 valence electrons. The molecule has 1 aromatic heterocycles. The van der Waals surface area contributed by atoms with Crippen molar-refractivity contribution in [2.75, 3.05) is 0 Å². The van der Waals surface area contributed by atoms with Crippen LogP contribution >= 0.6 is 12.2 Å². The van der Waals surface area contributed by atoms with Gasteiger partial charge in [0.2, 0.25) is 0 Å². The summed E-state index contributed by atoms with van der Waals surface area (Å²) in [5, 5.41) is 0. The lowest BCUT2D eigenvalue weighted by atomic mass is 10.1. The second-order valence-corrected chi connectivity index (χ2v) is 3.26. The topological polar surface area (TPSA) is 28.7 Å². The molecule has 0 fully saturated rings. The summed E-state index contributed by atoms with van der Waals surface area (Å²) in [5.74, 6) is -0.273. The van der Waals surface area contributed by atoms with Crippen molar-refractivity contribution in [3.05, 3.63) is 47.1 Å². The second-order valence-electron chi connectivity index (χ2n) is 2.82. The molecule has 1 aromatic carbocycles. The van der Waals surface area contributed by atoms with Crippen LogP contribution in [0, 0.1) is 10.5 Å². The highest BCUT2D eigenvalue weighted by molar-refractivity contribution is 7.71. The van der Waals surface area contributed by atoms with E-state index in [1.165, 1.54) is 18.3 Å². The van der Waals surface area contributed by atoms with Gasteiger partial charge in [-0.1, -0.05) is 24.4 Å². The summed E-state index contributed by atoms with van der Waals surface area (Å²) in [5.41, 5.74) is 1.46. The first-order valence-corrected chi connectivity index (χ1v) is 4.47. The molecule has 0 saturated carbocycles. The highest BCUT2D eigenvalue weighted by atomic mass is 32.1. The molecule has 2 nitrogen and oxygen atoms in total. The maximum atomic E-state index is 12.9. The average molecular weight is 206 g/mol. The van der Waals surface area contributed by atoms with Crippen LogP contribution in [-0.2, 0) is 0 Å². The van der Waals surface area contributed by atoms with Crippen LogP contribution in [0.4, 0.5) is 4.39 Å². The van der Waals surface area contributed by atoms with Gasteiger partial charge in [-0.15, -0.1) is 0 Å². The minimum Gasteiger partial charge on any atom is -0.344 e. The van der Waals surface area contributed by atoms with E-state index in [1.54, 1.807) is 18.3 Å². The van der Waals surface area contributed by atoms with E-state index in [0.717, 1.165) is 11.3 Å². The zero-order valence-corrected chi connectivity index (χ0v) is 8.01. The predicted molar refractivity (Wildman–Crippen MR) is 54.8 cm³/mol. The summed E-state index contributed by atoms with van der Waals surface area (Å²) in [7, 11) is 0. The summed E-state index contributed by atoms with van der Waals surface area (Å²) in [6.45, 7) is 0. The van der Waals surface area contributed by atoms with Gasteiger partial charge in [0.1, 0.15) is 10.5 Å². The Morgan fingerprint density at radius 2 is 2.14 bits per heavy atom. The average Bonchev–Trinajstić information content (AvgIpc) is 2.18. The molecule has 14 heavy (non-hydrogen) atoms. The van der Waals surface area contributed by atoms with Gasteiger partial charge in [0, 0.05) is 5.56 Å². The van der Waals surface area contributed by atoms with Gasteiger partial charge in [-0.05, 0) is 12.1 Å². The fraction of sp³-hybridized carbons (Fsp3) is 0. The van der Waals surface area contributed by atoms with Crippen molar-refractivity contribution in [2.24, 2.45) is 0 Å².